The maximum atomic E-state index is 12.5. The second-order valence-electron chi connectivity index (χ2n) is 4.66. The highest BCUT2D eigenvalue weighted by Gasteiger charge is 2.68. The quantitative estimate of drug-likeness (QED) is 0.894. The van der Waals surface area contributed by atoms with Gasteiger partial charge in [-0.2, -0.15) is 13.2 Å². The van der Waals surface area contributed by atoms with Gasteiger partial charge in [0.15, 0.2) is 0 Å². The number of nitrogens with one attached hydrogen (secondary N) is 1. The number of carbonyl (C=O) groups is 2. The van der Waals surface area contributed by atoms with E-state index in [0.29, 0.717) is 5.56 Å². The molecule has 1 aliphatic rings. The molecule has 1 aromatic carbocycles. The van der Waals surface area contributed by atoms with E-state index in [2.05, 4.69) is 0 Å². The molecule has 1 amide bonds. The Labute approximate surface area is 117 Å². The Morgan fingerprint density at radius 2 is 1.86 bits per heavy atom. The van der Waals surface area contributed by atoms with Crippen LogP contribution < -0.4 is 5.32 Å². The van der Waals surface area contributed by atoms with Crippen LogP contribution in [0.5, 0.6) is 0 Å². The molecule has 1 fully saturated rings. The molecule has 0 spiro atoms. The van der Waals surface area contributed by atoms with Crippen LogP contribution in [0.3, 0.4) is 0 Å². The second-order valence-corrected chi connectivity index (χ2v) is 4.66. The Kier molecular flexibility index (Phi) is 4.06. The average Bonchev–Trinajstić information content (AvgIpc) is 3.12. The number of hydrogen-bond acceptors (Lipinski definition) is 3. The molecule has 21 heavy (non-hydrogen) atoms. The van der Waals surface area contributed by atoms with Gasteiger partial charge in [0.05, 0.1) is 17.9 Å². The predicted octanol–water partition coefficient (Wildman–Crippen LogP) is 2.17. The maximum absolute atomic E-state index is 12.5. The van der Waals surface area contributed by atoms with Crippen molar-refractivity contribution in [3.63, 3.8) is 0 Å². The van der Waals surface area contributed by atoms with Gasteiger partial charge >= 0.3 is 18.2 Å². The number of ether oxygens (including phenoxy) is 1. The summed E-state index contributed by atoms with van der Waals surface area (Å²) >= 11 is 0. The summed E-state index contributed by atoms with van der Waals surface area (Å²) in [6, 6.07) is 7.09. The van der Waals surface area contributed by atoms with Crippen molar-refractivity contribution < 1.29 is 32.6 Å². The largest absolute Gasteiger partial charge is 0.481 e. The smallest absolute Gasteiger partial charge is 0.407 e. The Balaban J connectivity index is 1.87. The SMILES string of the molecule is O=C(N[C@@H]1[C@H](C(=O)O)[C@@H]1C(F)(F)F)OCc1ccccc1. The lowest BCUT2D eigenvalue weighted by Gasteiger charge is -2.08. The molecular weight excluding hydrogens is 291 g/mol. The summed E-state index contributed by atoms with van der Waals surface area (Å²) in [5.41, 5.74) is 0.672. The summed E-state index contributed by atoms with van der Waals surface area (Å²) < 4.78 is 42.4. The molecule has 0 aromatic heterocycles. The minimum Gasteiger partial charge on any atom is -0.481 e. The summed E-state index contributed by atoms with van der Waals surface area (Å²) in [7, 11) is 0. The molecule has 2 N–H and O–H groups in total. The molecule has 0 heterocycles. The van der Waals surface area contributed by atoms with Crippen LogP contribution in [-0.2, 0) is 16.1 Å². The molecule has 0 unspecified atom stereocenters. The molecule has 5 nitrogen and oxygen atoms in total. The molecule has 0 saturated heterocycles. The highest BCUT2D eigenvalue weighted by molar-refractivity contribution is 5.78. The van der Waals surface area contributed by atoms with Crippen LogP contribution >= 0.6 is 0 Å². The number of rotatable bonds is 4. The predicted molar refractivity (Wildman–Crippen MR) is 64.2 cm³/mol. The molecule has 2 rings (SSSR count). The fraction of sp³-hybridized carbons (Fsp3) is 0.385. The fourth-order valence-electron chi connectivity index (χ4n) is 2.11. The van der Waals surface area contributed by atoms with Gasteiger partial charge in [-0.25, -0.2) is 4.79 Å². The van der Waals surface area contributed by atoms with Crippen molar-refractivity contribution in [2.45, 2.75) is 18.8 Å². The number of benzene rings is 1. The normalized spacial score (nSPS) is 24.2. The zero-order valence-corrected chi connectivity index (χ0v) is 10.6. The topological polar surface area (TPSA) is 75.6 Å². The van der Waals surface area contributed by atoms with Crippen molar-refractivity contribution in [1.29, 1.82) is 0 Å². The molecular formula is C13H12F3NO4. The average molecular weight is 303 g/mol. The summed E-state index contributed by atoms with van der Waals surface area (Å²) in [4.78, 5) is 22.1. The number of aliphatic carboxylic acids is 1. The van der Waals surface area contributed by atoms with E-state index in [1.807, 2.05) is 5.32 Å². The Morgan fingerprint density at radius 3 is 2.33 bits per heavy atom. The first-order valence-corrected chi connectivity index (χ1v) is 6.07. The number of carboxylic acids is 1. The van der Waals surface area contributed by atoms with Crippen LogP contribution in [-0.4, -0.2) is 29.4 Å². The number of alkyl carbamates (subject to hydrolysis) is 1. The number of carboxylic acid groups (broad SMARTS) is 1. The van der Waals surface area contributed by atoms with Crippen molar-refractivity contribution in [1.82, 2.24) is 5.32 Å². The number of halogens is 3. The monoisotopic (exact) mass is 303 g/mol. The molecule has 1 aliphatic carbocycles. The Bertz CT molecular complexity index is 532. The fourth-order valence-corrected chi connectivity index (χ4v) is 2.11. The van der Waals surface area contributed by atoms with Gasteiger partial charge in [0.2, 0.25) is 0 Å². The van der Waals surface area contributed by atoms with Crippen LogP contribution in [0.4, 0.5) is 18.0 Å². The third-order valence-electron chi connectivity index (χ3n) is 3.18. The Morgan fingerprint density at radius 1 is 1.24 bits per heavy atom. The molecule has 0 bridgehead atoms. The van der Waals surface area contributed by atoms with Crippen LogP contribution in [0.1, 0.15) is 5.56 Å². The van der Waals surface area contributed by atoms with Crippen molar-refractivity contribution in [3.05, 3.63) is 35.9 Å². The lowest BCUT2D eigenvalue weighted by molar-refractivity contribution is -0.160. The summed E-state index contributed by atoms with van der Waals surface area (Å²) in [6.07, 6.45) is -5.73. The van der Waals surface area contributed by atoms with E-state index >= 15 is 0 Å². The standard InChI is InChI=1S/C13H12F3NO4/c14-13(15,16)9-8(11(18)19)10(9)17-12(20)21-6-7-4-2-1-3-5-7/h1-5,8-10H,6H2,(H,17,20)(H,18,19)/t8-,9+,10-/m1/s1. The first kappa shape index (κ1) is 15.1. The third kappa shape index (κ3) is 3.65. The van der Waals surface area contributed by atoms with Gasteiger partial charge in [0.25, 0.3) is 0 Å². The maximum Gasteiger partial charge on any atom is 0.407 e. The van der Waals surface area contributed by atoms with Crippen LogP contribution in [0.15, 0.2) is 30.3 Å². The van der Waals surface area contributed by atoms with Gasteiger partial charge < -0.3 is 15.2 Å². The molecule has 114 valence electrons. The molecule has 8 heteroatoms. The van der Waals surface area contributed by atoms with Gasteiger partial charge in [-0.15, -0.1) is 0 Å². The van der Waals surface area contributed by atoms with Crippen LogP contribution in [0.2, 0.25) is 0 Å². The lowest BCUT2D eigenvalue weighted by Crippen LogP contribution is -2.30. The van der Waals surface area contributed by atoms with E-state index in [1.54, 1.807) is 30.3 Å². The first-order valence-electron chi connectivity index (χ1n) is 6.07. The molecule has 0 aliphatic heterocycles. The first-order chi connectivity index (χ1) is 9.80. The van der Waals surface area contributed by atoms with E-state index in [1.165, 1.54) is 0 Å². The number of carbonyl (C=O) groups excluding carboxylic acids is 1. The minimum atomic E-state index is -4.67. The van der Waals surface area contributed by atoms with E-state index in [4.69, 9.17) is 9.84 Å². The van der Waals surface area contributed by atoms with Crippen molar-refractivity contribution >= 4 is 12.1 Å². The molecule has 1 saturated carbocycles. The van der Waals surface area contributed by atoms with Crippen molar-refractivity contribution in [2.75, 3.05) is 0 Å². The third-order valence-corrected chi connectivity index (χ3v) is 3.18. The van der Waals surface area contributed by atoms with Gasteiger partial charge in [-0.05, 0) is 5.56 Å². The highest BCUT2D eigenvalue weighted by atomic mass is 19.4. The van der Waals surface area contributed by atoms with Crippen LogP contribution in [0.25, 0.3) is 0 Å². The van der Waals surface area contributed by atoms with E-state index in [0.717, 1.165) is 0 Å². The number of amides is 1. The minimum absolute atomic E-state index is 0.103. The van der Waals surface area contributed by atoms with Crippen LogP contribution in [0, 0.1) is 11.8 Å². The second kappa shape index (κ2) is 5.63. The zero-order chi connectivity index (χ0) is 15.6. The van der Waals surface area contributed by atoms with E-state index < -0.39 is 36.1 Å². The highest BCUT2D eigenvalue weighted by Crippen LogP contribution is 2.50. The van der Waals surface area contributed by atoms with Crippen molar-refractivity contribution in [2.24, 2.45) is 11.8 Å². The van der Waals surface area contributed by atoms with E-state index in [-0.39, 0.29) is 6.61 Å². The van der Waals surface area contributed by atoms with E-state index in [9.17, 15) is 22.8 Å². The molecule has 3 atom stereocenters. The summed E-state index contributed by atoms with van der Waals surface area (Å²) in [6.45, 7) is -0.103. The molecule has 1 aromatic rings. The summed E-state index contributed by atoms with van der Waals surface area (Å²) in [5.74, 6) is -5.32. The zero-order valence-electron chi connectivity index (χ0n) is 10.6. The lowest BCUT2D eigenvalue weighted by atomic mass is 10.2. The van der Waals surface area contributed by atoms with Gasteiger partial charge in [0.1, 0.15) is 6.61 Å². The van der Waals surface area contributed by atoms with Gasteiger partial charge in [-0.3, -0.25) is 4.79 Å². The summed E-state index contributed by atoms with van der Waals surface area (Å²) in [5, 5.41) is 10.6. The van der Waals surface area contributed by atoms with Gasteiger partial charge in [-0.1, -0.05) is 30.3 Å². The number of hydrogen-bond donors (Lipinski definition) is 2. The molecule has 0 radical (unpaired) electrons. The Hall–Kier alpha value is -2.25. The number of alkyl halides is 3. The van der Waals surface area contributed by atoms with Gasteiger partial charge in [0, 0.05) is 0 Å². The van der Waals surface area contributed by atoms with Crippen molar-refractivity contribution in [3.8, 4) is 0 Å².